The molecule has 0 unspecified atom stereocenters. The Balaban J connectivity index is 2.96. The van der Waals surface area contributed by atoms with Gasteiger partial charge in [0.05, 0.1) is 39.5 Å². The molecule has 0 aromatic carbocycles. The molecule has 102 valence electrons. The molecule has 0 fully saturated rings. The predicted molar refractivity (Wildman–Crippen MR) is 64.2 cm³/mol. The highest BCUT2D eigenvalue weighted by atomic mass is 16.5. The van der Waals surface area contributed by atoms with Crippen molar-refractivity contribution in [3.8, 4) is 0 Å². The van der Waals surface area contributed by atoms with Crippen LogP contribution >= 0.6 is 0 Å². The molecule has 0 amide bonds. The Kier molecular flexibility index (Phi) is 11.4. The van der Waals surface area contributed by atoms with E-state index in [4.69, 9.17) is 19.3 Å². The molecule has 0 aromatic rings. The molecular weight excluding hydrogens is 224 g/mol. The second-order valence-electron chi connectivity index (χ2n) is 4.16. The minimum atomic E-state index is -0.843. The van der Waals surface area contributed by atoms with Crippen LogP contribution in [0.5, 0.6) is 0 Å². The lowest BCUT2D eigenvalue weighted by atomic mass is 10.1. The molecule has 0 radical (unpaired) electrons. The predicted octanol–water partition coefficient (Wildman–Crippen LogP) is 1.56. The van der Waals surface area contributed by atoms with Crippen LogP contribution in [0.15, 0.2) is 0 Å². The molecule has 0 saturated heterocycles. The van der Waals surface area contributed by atoms with Crippen molar-refractivity contribution in [2.75, 3.05) is 39.6 Å². The van der Waals surface area contributed by atoms with Crippen LogP contribution in [0.2, 0.25) is 0 Å². The van der Waals surface area contributed by atoms with Gasteiger partial charge in [-0.15, -0.1) is 0 Å². The zero-order valence-electron chi connectivity index (χ0n) is 10.8. The van der Waals surface area contributed by atoms with Gasteiger partial charge in [0.1, 0.15) is 0 Å². The van der Waals surface area contributed by atoms with Gasteiger partial charge in [-0.1, -0.05) is 13.8 Å². The Hall–Kier alpha value is -0.650. The van der Waals surface area contributed by atoms with E-state index in [-0.39, 0.29) is 13.0 Å². The number of rotatable bonds is 12. The molecule has 0 aliphatic carbocycles. The molecule has 0 saturated carbocycles. The summed E-state index contributed by atoms with van der Waals surface area (Å²) in [6, 6.07) is 0. The Bertz CT molecular complexity index is 182. The van der Waals surface area contributed by atoms with Crippen molar-refractivity contribution in [1.82, 2.24) is 0 Å². The topological polar surface area (TPSA) is 65.0 Å². The number of ether oxygens (including phenoxy) is 3. The van der Waals surface area contributed by atoms with E-state index in [1.807, 2.05) is 0 Å². The summed E-state index contributed by atoms with van der Waals surface area (Å²) < 4.78 is 15.7. The van der Waals surface area contributed by atoms with Gasteiger partial charge in [0, 0.05) is 6.61 Å². The van der Waals surface area contributed by atoms with Crippen LogP contribution in [0.4, 0.5) is 0 Å². The maximum atomic E-state index is 10.2. The van der Waals surface area contributed by atoms with Gasteiger partial charge < -0.3 is 19.3 Å². The molecule has 0 rings (SSSR count). The van der Waals surface area contributed by atoms with Crippen LogP contribution in [0.3, 0.4) is 0 Å². The van der Waals surface area contributed by atoms with Crippen molar-refractivity contribution in [2.45, 2.75) is 26.7 Å². The van der Waals surface area contributed by atoms with E-state index in [0.717, 1.165) is 13.0 Å². The molecule has 0 aromatic heterocycles. The number of hydrogen-bond donors (Lipinski definition) is 1. The van der Waals surface area contributed by atoms with Gasteiger partial charge >= 0.3 is 5.97 Å². The fourth-order valence-electron chi connectivity index (χ4n) is 1.02. The average Bonchev–Trinajstić information content (AvgIpc) is 2.25. The van der Waals surface area contributed by atoms with E-state index in [1.165, 1.54) is 0 Å². The molecule has 17 heavy (non-hydrogen) atoms. The van der Waals surface area contributed by atoms with Crippen molar-refractivity contribution in [1.29, 1.82) is 0 Å². The zero-order valence-corrected chi connectivity index (χ0v) is 10.8. The third-order valence-corrected chi connectivity index (χ3v) is 2.04. The molecule has 5 nitrogen and oxygen atoms in total. The monoisotopic (exact) mass is 248 g/mol. The van der Waals surface area contributed by atoms with E-state index in [2.05, 4.69) is 13.8 Å². The number of carboxylic acids is 1. The van der Waals surface area contributed by atoms with Crippen LogP contribution in [-0.4, -0.2) is 50.7 Å². The fraction of sp³-hybridized carbons (Fsp3) is 0.917. The lowest BCUT2D eigenvalue weighted by Crippen LogP contribution is -2.11. The highest BCUT2D eigenvalue weighted by Crippen LogP contribution is 1.98. The molecule has 5 heteroatoms. The van der Waals surface area contributed by atoms with E-state index in [1.54, 1.807) is 0 Å². The summed E-state index contributed by atoms with van der Waals surface area (Å²) in [7, 11) is 0. The number of carboxylic acid groups (broad SMARTS) is 1. The van der Waals surface area contributed by atoms with Crippen LogP contribution in [0.1, 0.15) is 26.7 Å². The second-order valence-corrected chi connectivity index (χ2v) is 4.16. The van der Waals surface area contributed by atoms with Crippen molar-refractivity contribution < 1.29 is 24.1 Å². The molecule has 0 aliphatic rings. The molecule has 0 aliphatic heterocycles. The molecule has 0 atom stereocenters. The van der Waals surface area contributed by atoms with E-state index >= 15 is 0 Å². The van der Waals surface area contributed by atoms with Gasteiger partial charge in [0.25, 0.3) is 0 Å². The first-order valence-electron chi connectivity index (χ1n) is 6.08. The van der Waals surface area contributed by atoms with Crippen molar-refractivity contribution in [3.63, 3.8) is 0 Å². The Labute approximate surface area is 103 Å². The van der Waals surface area contributed by atoms with E-state index < -0.39 is 5.97 Å². The van der Waals surface area contributed by atoms with Gasteiger partial charge in [-0.3, -0.25) is 4.79 Å². The van der Waals surface area contributed by atoms with Gasteiger partial charge in [0.15, 0.2) is 0 Å². The zero-order chi connectivity index (χ0) is 12.9. The molecule has 0 heterocycles. The first-order valence-corrected chi connectivity index (χ1v) is 6.08. The molecule has 1 N–H and O–H groups in total. The summed E-state index contributed by atoms with van der Waals surface area (Å²) in [5, 5.41) is 8.35. The minimum absolute atomic E-state index is 0.0400. The van der Waals surface area contributed by atoms with Crippen molar-refractivity contribution in [3.05, 3.63) is 0 Å². The number of hydrogen-bond acceptors (Lipinski definition) is 4. The quantitative estimate of drug-likeness (QED) is 0.531. The smallest absolute Gasteiger partial charge is 0.305 e. The fourth-order valence-corrected chi connectivity index (χ4v) is 1.02. The SMILES string of the molecule is CC(C)CCOCCOCCOCCC(=O)O. The first kappa shape index (κ1) is 16.4. The van der Waals surface area contributed by atoms with Gasteiger partial charge in [-0.2, -0.15) is 0 Å². The van der Waals surface area contributed by atoms with Gasteiger partial charge in [-0.25, -0.2) is 0 Å². The maximum Gasteiger partial charge on any atom is 0.305 e. The van der Waals surface area contributed by atoms with Crippen LogP contribution < -0.4 is 0 Å². The number of carbonyl (C=O) groups is 1. The van der Waals surface area contributed by atoms with Crippen molar-refractivity contribution >= 4 is 5.97 Å². The van der Waals surface area contributed by atoms with Crippen molar-refractivity contribution in [2.24, 2.45) is 5.92 Å². The Morgan fingerprint density at radius 2 is 1.41 bits per heavy atom. The summed E-state index contributed by atoms with van der Waals surface area (Å²) in [5.74, 6) is -0.178. The number of aliphatic carboxylic acids is 1. The highest BCUT2D eigenvalue weighted by molar-refractivity contribution is 5.66. The van der Waals surface area contributed by atoms with Crippen LogP contribution in [0, 0.1) is 5.92 Å². The van der Waals surface area contributed by atoms with Gasteiger partial charge in [0.2, 0.25) is 0 Å². The summed E-state index contributed by atoms with van der Waals surface area (Å²) in [6.45, 7) is 7.40. The van der Waals surface area contributed by atoms with Gasteiger partial charge in [-0.05, 0) is 12.3 Å². The minimum Gasteiger partial charge on any atom is -0.481 e. The third kappa shape index (κ3) is 15.4. The molecule has 0 bridgehead atoms. The summed E-state index contributed by atoms with van der Waals surface area (Å²) >= 11 is 0. The highest BCUT2D eigenvalue weighted by Gasteiger charge is 1.96. The normalized spacial score (nSPS) is 11.0. The van der Waals surface area contributed by atoms with E-state index in [0.29, 0.717) is 32.3 Å². The maximum absolute atomic E-state index is 10.2. The summed E-state index contributed by atoms with van der Waals surface area (Å²) in [4.78, 5) is 10.2. The largest absolute Gasteiger partial charge is 0.481 e. The lowest BCUT2D eigenvalue weighted by molar-refractivity contribution is -0.138. The second kappa shape index (κ2) is 11.8. The third-order valence-electron chi connectivity index (χ3n) is 2.04. The van der Waals surface area contributed by atoms with Crippen LogP contribution in [-0.2, 0) is 19.0 Å². The molecule has 0 spiro atoms. The lowest BCUT2D eigenvalue weighted by Gasteiger charge is -2.07. The Morgan fingerprint density at radius 1 is 0.941 bits per heavy atom. The standard InChI is InChI=1S/C12H24O5/c1-11(2)3-5-15-7-9-17-10-8-16-6-4-12(13)14/h11H,3-10H2,1-2H3,(H,13,14). The first-order chi connectivity index (χ1) is 8.13. The molecular formula is C12H24O5. The van der Waals surface area contributed by atoms with E-state index in [9.17, 15) is 4.79 Å². The average molecular weight is 248 g/mol. The summed E-state index contributed by atoms with van der Waals surface area (Å²) in [5.41, 5.74) is 0. The van der Waals surface area contributed by atoms with Crippen LogP contribution in [0.25, 0.3) is 0 Å². The summed E-state index contributed by atoms with van der Waals surface area (Å²) in [6.07, 6.45) is 1.11. The Morgan fingerprint density at radius 3 is 1.88 bits per heavy atom.